The van der Waals surface area contributed by atoms with E-state index in [1.165, 1.54) is 19.3 Å². The summed E-state index contributed by atoms with van der Waals surface area (Å²) in [7, 11) is 0. The molecular formula is C13H24O2. The molecule has 2 aliphatic rings. The van der Waals surface area contributed by atoms with Gasteiger partial charge in [-0.25, -0.2) is 0 Å². The van der Waals surface area contributed by atoms with Crippen LogP contribution < -0.4 is 0 Å². The van der Waals surface area contributed by atoms with Crippen molar-refractivity contribution in [1.29, 1.82) is 0 Å². The first-order valence-electron chi connectivity index (χ1n) is 6.46. The van der Waals surface area contributed by atoms with E-state index in [1.807, 2.05) is 6.92 Å². The number of hydrogen-bond donors (Lipinski definition) is 1. The average molecular weight is 212 g/mol. The summed E-state index contributed by atoms with van der Waals surface area (Å²) in [4.78, 5) is 0. The zero-order valence-corrected chi connectivity index (χ0v) is 9.87. The van der Waals surface area contributed by atoms with Gasteiger partial charge in [0.05, 0.1) is 5.60 Å². The summed E-state index contributed by atoms with van der Waals surface area (Å²) < 4.78 is 5.35. The maximum atomic E-state index is 10.4. The topological polar surface area (TPSA) is 29.5 Å². The fraction of sp³-hybridized carbons (Fsp3) is 1.00. The minimum Gasteiger partial charge on any atom is -0.390 e. The van der Waals surface area contributed by atoms with Crippen LogP contribution in [0.1, 0.15) is 51.9 Å². The van der Waals surface area contributed by atoms with E-state index in [1.54, 1.807) is 0 Å². The van der Waals surface area contributed by atoms with Crippen LogP contribution in [0.3, 0.4) is 0 Å². The highest BCUT2D eigenvalue weighted by Gasteiger charge is 2.31. The molecule has 0 spiro atoms. The highest BCUT2D eigenvalue weighted by atomic mass is 16.5. The Bertz CT molecular complexity index is 191. The predicted molar refractivity (Wildman–Crippen MR) is 60.7 cm³/mol. The van der Waals surface area contributed by atoms with Gasteiger partial charge < -0.3 is 9.84 Å². The van der Waals surface area contributed by atoms with Crippen LogP contribution in [0.15, 0.2) is 0 Å². The fourth-order valence-corrected chi connectivity index (χ4v) is 2.97. The van der Waals surface area contributed by atoms with E-state index in [2.05, 4.69) is 0 Å². The normalized spacial score (nSPS) is 28.4. The summed E-state index contributed by atoms with van der Waals surface area (Å²) in [6.07, 6.45) is 8.32. The van der Waals surface area contributed by atoms with Crippen molar-refractivity contribution in [3.05, 3.63) is 0 Å². The van der Waals surface area contributed by atoms with Crippen LogP contribution in [0.2, 0.25) is 0 Å². The van der Waals surface area contributed by atoms with Gasteiger partial charge in [0.1, 0.15) is 0 Å². The minimum absolute atomic E-state index is 0.424. The lowest BCUT2D eigenvalue weighted by molar-refractivity contribution is -0.0222. The van der Waals surface area contributed by atoms with E-state index in [0.717, 1.165) is 44.8 Å². The third-order valence-electron chi connectivity index (χ3n) is 4.02. The summed E-state index contributed by atoms with van der Waals surface area (Å²) in [5.74, 6) is 1.49. The molecule has 0 aromatic rings. The molecule has 1 atom stereocenters. The van der Waals surface area contributed by atoms with Crippen LogP contribution in [0.4, 0.5) is 0 Å². The number of ether oxygens (including phenoxy) is 1. The first kappa shape index (κ1) is 11.4. The monoisotopic (exact) mass is 212 g/mol. The summed E-state index contributed by atoms with van der Waals surface area (Å²) in [6, 6.07) is 0. The van der Waals surface area contributed by atoms with Crippen LogP contribution in [-0.4, -0.2) is 23.9 Å². The Morgan fingerprint density at radius 1 is 1.07 bits per heavy atom. The second-order valence-corrected chi connectivity index (χ2v) is 5.76. The highest BCUT2D eigenvalue weighted by Crippen LogP contribution is 2.37. The Balaban J connectivity index is 1.74. The lowest BCUT2D eigenvalue weighted by Gasteiger charge is -2.36. The molecule has 2 heteroatoms. The van der Waals surface area contributed by atoms with Crippen LogP contribution in [0.5, 0.6) is 0 Å². The highest BCUT2D eigenvalue weighted by molar-refractivity contribution is 4.83. The molecule has 2 rings (SSSR count). The Morgan fingerprint density at radius 2 is 1.60 bits per heavy atom. The minimum atomic E-state index is -0.424. The van der Waals surface area contributed by atoms with Gasteiger partial charge in [0, 0.05) is 13.2 Å². The Morgan fingerprint density at radius 3 is 2.07 bits per heavy atom. The SMILES string of the molecule is CC(O)(CC1CCC1)CC1CCOCC1. The third-order valence-corrected chi connectivity index (χ3v) is 4.02. The van der Waals surface area contributed by atoms with Crippen molar-refractivity contribution in [2.24, 2.45) is 11.8 Å². The zero-order chi connectivity index (χ0) is 10.7. The lowest BCUT2D eigenvalue weighted by Crippen LogP contribution is -2.34. The summed E-state index contributed by atoms with van der Waals surface area (Å²) in [6.45, 7) is 3.81. The maximum Gasteiger partial charge on any atom is 0.0625 e. The van der Waals surface area contributed by atoms with Crippen molar-refractivity contribution in [3.63, 3.8) is 0 Å². The van der Waals surface area contributed by atoms with Gasteiger partial charge in [0.2, 0.25) is 0 Å². The number of hydrogen-bond acceptors (Lipinski definition) is 2. The van der Waals surface area contributed by atoms with Crippen molar-refractivity contribution in [2.75, 3.05) is 13.2 Å². The molecule has 2 nitrogen and oxygen atoms in total. The molecule has 0 aromatic heterocycles. The molecule has 0 aromatic carbocycles. The van der Waals surface area contributed by atoms with Crippen molar-refractivity contribution in [3.8, 4) is 0 Å². The van der Waals surface area contributed by atoms with E-state index >= 15 is 0 Å². The summed E-state index contributed by atoms with van der Waals surface area (Å²) >= 11 is 0. The van der Waals surface area contributed by atoms with Gasteiger partial charge in [0.15, 0.2) is 0 Å². The molecule has 1 aliphatic heterocycles. The van der Waals surface area contributed by atoms with Gasteiger partial charge >= 0.3 is 0 Å². The second kappa shape index (κ2) is 4.84. The van der Waals surface area contributed by atoms with E-state index in [9.17, 15) is 5.11 Å². The molecule has 1 N–H and O–H groups in total. The molecule has 0 amide bonds. The number of rotatable bonds is 4. The Kier molecular flexibility index (Phi) is 3.68. The smallest absolute Gasteiger partial charge is 0.0625 e. The van der Waals surface area contributed by atoms with Gasteiger partial charge in [-0.05, 0) is 44.4 Å². The summed E-state index contributed by atoms with van der Waals surface area (Å²) in [5.41, 5.74) is -0.424. The molecular weight excluding hydrogens is 188 g/mol. The first-order chi connectivity index (χ1) is 7.16. The number of aliphatic hydroxyl groups is 1. The molecule has 88 valence electrons. The van der Waals surface area contributed by atoms with E-state index in [0.29, 0.717) is 5.92 Å². The molecule has 2 fully saturated rings. The van der Waals surface area contributed by atoms with Crippen molar-refractivity contribution >= 4 is 0 Å². The van der Waals surface area contributed by atoms with Gasteiger partial charge in [-0.2, -0.15) is 0 Å². The largest absolute Gasteiger partial charge is 0.390 e. The molecule has 1 heterocycles. The van der Waals surface area contributed by atoms with E-state index in [4.69, 9.17) is 4.74 Å². The maximum absolute atomic E-state index is 10.4. The molecule has 1 saturated heterocycles. The average Bonchev–Trinajstić information content (AvgIpc) is 2.13. The van der Waals surface area contributed by atoms with Crippen LogP contribution in [0, 0.1) is 11.8 Å². The lowest BCUT2D eigenvalue weighted by atomic mass is 9.74. The standard InChI is InChI=1S/C13H24O2/c1-13(14,9-11-3-2-4-11)10-12-5-7-15-8-6-12/h11-12,14H,2-10H2,1H3. The third kappa shape index (κ3) is 3.46. The predicted octanol–water partition coefficient (Wildman–Crippen LogP) is 2.74. The van der Waals surface area contributed by atoms with Crippen molar-refractivity contribution < 1.29 is 9.84 Å². The Hall–Kier alpha value is -0.0800. The summed E-state index contributed by atoms with van der Waals surface area (Å²) in [5, 5.41) is 10.4. The molecule has 1 unspecified atom stereocenters. The van der Waals surface area contributed by atoms with E-state index in [-0.39, 0.29) is 0 Å². The van der Waals surface area contributed by atoms with Gasteiger partial charge in [-0.15, -0.1) is 0 Å². The molecule has 0 radical (unpaired) electrons. The fourth-order valence-electron chi connectivity index (χ4n) is 2.97. The molecule has 1 aliphatic carbocycles. The van der Waals surface area contributed by atoms with Crippen LogP contribution in [0.25, 0.3) is 0 Å². The van der Waals surface area contributed by atoms with Crippen molar-refractivity contribution in [2.45, 2.75) is 57.5 Å². The zero-order valence-electron chi connectivity index (χ0n) is 9.87. The second-order valence-electron chi connectivity index (χ2n) is 5.76. The van der Waals surface area contributed by atoms with Gasteiger partial charge in [0.25, 0.3) is 0 Å². The van der Waals surface area contributed by atoms with Crippen LogP contribution in [-0.2, 0) is 4.74 Å². The first-order valence-corrected chi connectivity index (χ1v) is 6.46. The van der Waals surface area contributed by atoms with Gasteiger partial charge in [-0.3, -0.25) is 0 Å². The van der Waals surface area contributed by atoms with Gasteiger partial charge in [-0.1, -0.05) is 19.3 Å². The Labute approximate surface area is 93.0 Å². The molecule has 1 saturated carbocycles. The molecule has 15 heavy (non-hydrogen) atoms. The van der Waals surface area contributed by atoms with E-state index < -0.39 is 5.60 Å². The molecule has 0 bridgehead atoms. The van der Waals surface area contributed by atoms with Crippen molar-refractivity contribution in [1.82, 2.24) is 0 Å². The quantitative estimate of drug-likeness (QED) is 0.776. The van der Waals surface area contributed by atoms with Crippen LogP contribution >= 0.6 is 0 Å².